The van der Waals surface area contributed by atoms with Gasteiger partial charge in [0.2, 0.25) is 0 Å². The van der Waals surface area contributed by atoms with Gasteiger partial charge in [-0.2, -0.15) is 0 Å². The first-order chi connectivity index (χ1) is 8.36. The largest absolute Gasteiger partial charge is 0.347 e. The predicted molar refractivity (Wildman–Crippen MR) is 66.6 cm³/mol. The summed E-state index contributed by atoms with van der Waals surface area (Å²) in [5, 5.41) is 3.47. The average molecular weight is 233 g/mol. The topological polar surface area (TPSA) is 58.5 Å². The molecule has 0 amide bonds. The van der Waals surface area contributed by atoms with E-state index in [0.29, 0.717) is 0 Å². The number of rotatable bonds is 6. The van der Waals surface area contributed by atoms with Crippen molar-refractivity contribution in [1.82, 2.24) is 24.8 Å². The van der Waals surface area contributed by atoms with Crippen molar-refractivity contribution in [3.8, 4) is 0 Å². The van der Waals surface area contributed by atoms with Gasteiger partial charge in [-0.25, -0.2) is 9.97 Å². The van der Waals surface area contributed by atoms with Crippen molar-refractivity contribution >= 4 is 0 Å². The summed E-state index contributed by atoms with van der Waals surface area (Å²) >= 11 is 0. The summed E-state index contributed by atoms with van der Waals surface area (Å²) in [5.74, 6) is 1.93. The van der Waals surface area contributed by atoms with Crippen molar-refractivity contribution in [3.05, 3.63) is 36.4 Å². The van der Waals surface area contributed by atoms with E-state index >= 15 is 0 Å². The molecule has 0 aliphatic rings. The van der Waals surface area contributed by atoms with Crippen LogP contribution in [-0.2, 0) is 6.54 Å². The molecule has 0 saturated heterocycles. The minimum Gasteiger partial charge on any atom is -0.347 e. The molecule has 0 aliphatic carbocycles. The third-order valence-corrected chi connectivity index (χ3v) is 2.74. The minimum absolute atomic E-state index is 0.0416. The van der Waals surface area contributed by atoms with E-state index in [4.69, 9.17) is 0 Å². The lowest BCUT2D eigenvalue weighted by atomic mass is 10.2. The zero-order valence-corrected chi connectivity index (χ0v) is 10.3. The molecule has 0 bridgehead atoms. The molecular formula is C12H19N5. The van der Waals surface area contributed by atoms with Crippen LogP contribution < -0.4 is 5.32 Å². The van der Waals surface area contributed by atoms with E-state index < -0.39 is 0 Å². The summed E-state index contributed by atoms with van der Waals surface area (Å²) in [6.07, 6.45) is 8.54. The van der Waals surface area contributed by atoms with Crippen LogP contribution in [0.15, 0.2) is 24.8 Å². The van der Waals surface area contributed by atoms with Gasteiger partial charge in [-0.15, -0.1) is 0 Å². The Morgan fingerprint density at radius 2 is 2.24 bits per heavy atom. The summed E-state index contributed by atoms with van der Waals surface area (Å²) in [5.41, 5.74) is 0. The highest BCUT2D eigenvalue weighted by molar-refractivity contribution is 5.11. The normalized spacial score (nSPS) is 12.8. The number of imidazole rings is 2. The highest BCUT2D eigenvalue weighted by Crippen LogP contribution is 2.17. The molecule has 2 N–H and O–H groups in total. The Morgan fingerprint density at radius 1 is 1.35 bits per heavy atom. The van der Waals surface area contributed by atoms with Crippen LogP contribution in [0.4, 0.5) is 0 Å². The van der Waals surface area contributed by atoms with Crippen molar-refractivity contribution in [2.24, 2.45) is 0 Å². The SMILES string of the molecule is CCCNC(c1ncc[nH]1)c1nccn1CC. The molecule has 1 atom stereocenters. The molecule has 1 unspecified atom stereocenters. The van der Waals surface area contributed by atoms with Crippen LogP contribution in [-0.4, -0.2) is 26.1 Å². The third-order valence-electron chi connectivity index (χ3n) is 2.74. The van der Waals surface area contributed by atoms with Crippen LogP contribution in [0.5, 0.6) is 0 Å². The second-order valence-corrected chi connectivity index (χ2v) is 3.93. The molecule has 0 saturated carbocycles. The van der Waals surface area contributed by atoms with Gasteiger partial charge < -0.3 is 14.9 Å². The fourth-order valence-electron chi connectivity index (χ4n) is 1.88. The van der Waals surface area contributed by atoms with Gasteiger partial charge in [-0.05, 0) is 19.9 Å². The van der Waals surface area contributed by atoms with Gasteiger partial charge in [0.05, 0.1) is 0 Å². The second-order valence-electron chi connectivity index (χ2n) is 3.93. The molecule has 2 aromatic rings. The highest BCUT2D eigenvalue weighted by Gasteiger charge is 2.19. The van der Waals surface area contributed by atoms with Crippen molar-refractivity contribution in [3.63, 3.8) is 0 Å². The fraction of sp³-hybridized carbons (Fsp3) is 0.500. The maximum Gasteiger partial charge on any atom is 0.133 e. The number of aryl methyl sites for hydroxylation is 1. The number of hydrogen-bond acceptors (Lipinski definition) is 3. The predicted octanol–water partition coefficient (Wildman–Crippen LogP) is 1.72. The smallest absolute Gasteiger partial charge is 0.133 e. The quantitative estimate of drug-likeness (QED) is 0.798. The van der Waals surface area contributed by atoms with Crippen molar-refractivity contribution in [2.75, 3.05) is 6.54 Å². The monoisotopic (exact) mass is 233 g/mol. The molecule has 0 spiro atoms. The first-order valence-electron chi connectivity index (χ1n) is 6.10. The molecule has 0 aromatic carbocycles. The molecule has 0 fully saturated rings. The molecular weight excluding hydrogens is 214 g/mol. The number of nitrogens with one attached hydrogen (secondary N) is 2. The Morgan fingerprint density at radius 3 is 2.88 bits per heavy atom. The van der Waals surface area contributed by atoms with Crippen LogP contribution in [0, 0.1) is 0 Å². The average Bonchev–Trinajstić information content (AvgIpc) is 3.00. The third kappa shape index (κ3) is 2.55. The zero-order chi connectivity index (χ0) is 12.1. The molecule has 5 nitrogen and oxygen atoms in total. The summed E-state index contributed by atoms with van der Waals surface area (Å²) < 4.78 is 2.13. The van der Waals surface area contributed by atoms with E-state index in [-0.39, 0.29) is 6.04 Å². The lowest BCUT2D eigenvalue weighted by Crippen LogP contribution is -2.27. The fourth-order valence-corrected chi connectivity index (χ4v) is 1.88. The van der Waals surface area contributed by atoms with Gasteiger partial charge in [0.25, 0.3) is 0 Å². The summed E-state index contributed by atoms with van der Waals surface area (Å²) in [6, 6.07) is 0.0416. The summed E-state index contributed by atoms with van der Waals surface area (Å²) in [4.78, 5) is 11.9. The molecule has 0 aliphatic heterocycles. The molecule has 5 heteroatoms. The Kier molecular flexibility index (Phi) is 3.93. The second kappa shape index (κ2) is 5.63. The van der Waals surface area contributed by atoms with Gasteiger partial charge in [0.1, 0.15) is 17.7 Å². The molecule has 2 aromatic heterocycles. The van der Waals surface area contributed by atoms with E-state index in [1.807, 2.05) is 18.6 Å². The van der Waals surface area contributed by atoms with Gasteiger partial charge in [-0.3, -0.25) is 0 Å². The van der Waals surface area contributed by atoms with Crippen LogP contribution in [0.1, 0.15) is 38.0 Å². The lowest BCUT2D eigenvalue weighted by Gasteiger charge is -2.17. The Balaban J connectivity index is 2.27. The summed E-state index contributed by atoms with van der Waals surface area (Å²) in [6.45, 7) is 6.13. The van der Waals surface area contributed by atoms with Gasteiger partial charge in [0, 0.05) is 31.3 Å². The van der Waals surface area contributed by atoms with E-state index in [9.17, 15) is 0 Å². The minimum atomic E-state index is 0.0416. The van der Waals surface area contributed by atoms with E-state index in [1.54, 1.807) is 6.20 Å². The molecule has 2 rings (SSSR count). The molecule has 0 radical (unpaired) electrons. The van der Waals surface area contributed by atoms with Crippen LogP contribution in [0.2, 0.25) is 0 Å². The zero-order valence-electron chi connectivity index (χ0n) is 10.3. The van der Waals surface area contributed by atoms with Crippen LogP contribution >= 0.6 is 0 Å². The number of aromatic nitrogens is 4. The van der Waals surface area contributed by atoms with Gasteiger partial charge >= 0.3 is 0 Å². The number of hydrogen-bond donors (Lipinski definition) is 2. The maximum absolute atomic E-state index is 4.44. The Labute approximate surface area is 101 Å². The summed E-state index contributed by atoms with van der Waals surface area (Å²) in [7, 11) is 0. The van der Waals surface area contributed by atoms with E-state index in [2.05, 4.69) is 38.7 Å². The van der Waals surface area contributed by atoms with Gasteiger partial charge in [0.15, 0.2) is 0 Å². The molecule has 2 heterocycles. The number of H-pyrrole nitrogens is 1. The maximum atomic E-state index is 4.44. The Bertz CT molecular complexity index is 431. The van der Waals surface area contributed by atoms with E-state index in [1.165, 1.54) is 0 Å². The van der Waals surface area contributed by atoms with Crippen molar-refractivity contribution < 1.29 is 0 Å². The highest BCUT2D eigenvalue weighted by atomic mass is 15.1. The first kappa shape index (κ1) is 11.9. The Hall–Kier alpha value is -1.62. The van der Waals surface area contributed by atoms with Crippen LogP contribution in [0.25, 0.3) is 0 Å². The lowest BCUT2D eigenvalue weighted by molar-refractivity contribution is 0.524. The van der Waals surface area contributed by atoms with Crippen molar-refractivity contribution in [2.45, 2.75) is 32.9 Å². The standard InChI is InChI=1S/C12H19N5/c1-3-5-13-10(11-14-6-7-15-11)12-16-8-9-17(12)4-2/h6-10,13H,3-5H2,1-2H3,(H,14,15). The number of nitrogens with zero attached hydrogens (tertiary/aromatic N) is 3. The number of aromatic amines is 1. The molecule has 92 valence electrons. The van der Waals surface area contributed by atoms with Gasteiger partial charge in [-0.1, -0.05) is 6.92 Å². The van der Waals surface area contributed by atoms with Crippen molar-refractivity contribution in [1.29, 1.82) is 0 Å². The molecule has 17 heavy (non-hydrogen) atoms. The van der Waals surface area contributed by atoms with Crippen LogP contribution in [0.3, 0.4) is 0 Å². The van der Waals surface area contributed by atoms with E-state index in [0.717, 1.165) is 31.2 Å². The first-order valence-corrected chi connectivity index (χ1v) is 6.10.